The highest BCUT2D eigenvalue weighted by Crippen LogP contribution is 2.51. The highest BCUT2D eigenvalue weighted by molar-refractivity contribution is 14.1. The number of thiophene rings is 1. The molecule has 1 aromatic heterocycles. The average Bonchev–Trinajstić information content (AvgIpc) is 3.78. The summed E-state index contributed by atoms with van der Waals surface area (Å²) in [6.07, 6.45) is -7.03. The average molecular weight is 1230 g/mol. The van der Waals surface area contributed by atoms with Gasteiger partial charge in [-0.15, -0.1) is 11.3 Å². The van der Waals surface area contributed by atoms with Gasteiger partial charge in [-0.3, -0.25) is 14.5 Å². The van der Waals surface area contributed by atoms with Crippen LogP contribution in [0.2, 0.25) is 0 Å². The summed E-state index contributed by atoms with van der Waals surface area (Å²) in [6.45, 7) is 16.7. The molecular weight excluding hydrogens is 1140 g/mol. The van der Waals surface area contributed by atoms with E-state index in [9.17, 15) is 39.5 Å². The molecule has 0 spiro atoms. The number of carbonyl (C=O) groups is 2. The molecule has 4 aliphatic rings. The van der Waals surface area contributed by atoms with Gasteiger partial charge in [0, 0.05) is 88.3 Å². The highest BCUT2D eigenvalue weighted by Gasteiger charge is 2.53. The van der Waals surface area contributed by atoms with Gasteiger partial charge in [-0.2, -0.15) is 0 Å². The first-order chi connectivity index (χ1) is 36.1. The Bertz CT molecular complexity index is 2490. The number of aryl methyl sites for hydroxylation is 1. The van der Waals surface area contributed by atoms with Crippen molar-refractivity contribution in [1.29, 1.82) is 0 Å². The summed E-state index contributed by atoms with van der Waals surface area (Å²) in [4.78, 5) is 36.0. The highest BCUT2D eigenvalue weighted by atomic mass is 127. The molecule has 3 saturated heterocycles. The lowest BCUT2D eigenvalue weighted by Gasteiger charge is -2.48. The summed E-state index contributed by atoms with van der Waals surface area (Å²) in [5.41, 5.74) is -1.78. The van der Waals surface area contributed by atoms with Crippen molar-refractivity contribution in [2.75, 3.05) is 40.8 Å². The number of ether oxygens (including phenoxy) is 6. The number of cyclic esters (lactones) is 1. The number of aliphatic hydroxyl groups excluding tert-OH is 3. The second-order valence-electron chi connectivity index (χ2n) is 23.0. The van der Waals surface area contributed by atoms with Crippen molar-refractivity contribution in [1.82, 2.24) is 15.1 Å². The predicted octanol–water partition coefficient (Wildman–Crippen LogP) is 7.39. The predicted molar refractivity (Wildman–Crippen MR) is 302 cm³/mol. The fourth-order valence-corrected chi connectivity index (χ4v) is 14.7. The van der Waals surface area contributed by atoms with Gasteiger partial charge < -0.3 is 64.2 Å². The van der Waals surface area contributed by atoms with E-state index in [-0.39, 0.29) is 49.1 Å². The molecule has 430 valence electrons. The second-order valence-corrected chi connectivity index (χ2v) is 26.4. The maximum absolute atomic E-state index is 14.6. The van der Waals surface area contributed by atoms with E-state index in [0.717, 1.165) is 36.2 Å². The van der Waals surface area contributed by atoms with Crippen molar-refractivity contribution in [2.24, 2.45) is 17.8 Å². The van der Waals surface area contributed by atoms with Gasteiger partial charge in [0.1, 0.15) is 29.7 Å². The Labute approximate surface area is 476 Å². The van der Waals surface area contributed by atoms with Crippen molar-refractivity contribution in [3.05, 3.63) is 59.2 Å². The van der Waals surface area contributed by atoms with E-state index in [2.05, 4.69) is 23.5 Å². The molecule has 0 radical (unpaired) electrons. The van der Waals surface area contributed by atoms with Crippen LogP contribution in [0.15, 0.2) is 58.3 Å². The third-order valence-corrected chi connectivity index (χ3v) is 20.2. The SMILES string of the molecule is CO[C@]1(C)C[C@H](O[C@H]2[C@H](C)[C@@H](O[C@@H]3O[C@H](C)C[C@H](N(C)C)[C@H]3O)[C@](C)(O)C[C@@H](C)CN(CCCNC(=O)CCc3cc4c(s3)-c3cc(F)ccc3Sc3ccccc3-4)[C@H](C)[C@@H](O)[C@](C)(O)[C@@H](I)OC(=O)[C@@H]2C)O[C@@H](C)[C@@H]1O. The normalized spacial score (nSPS) is 37.6. The summed E-state index contributed by atoms with van der Waals surface area (Å²) in [5.74, 6) is -3.41. The van der Waals surface area contributed by atoms with Crippen molar-refractivity contribution >= 4 is 57.6 Å². The van der Waals surface area contributed by atoms with Gasteiger partial charge in [0.2, 0.25) is 5.91 Å². The molecule has 77 heavy (non-hydrogen) atoms. The number of fused-ring (bicyclic) bond motifs is 5. The number of nitrogens with zero attached hydrogens (tertiary/aromatic N) is 2. The lowest BCUT2D eigenvalue weighted by molar-refractivity contribution is -0.317. The summed E-state index contributed by atoms with van der Waals surface area (Å²) < 4.78 is 51.3. The minimum absolute atomic E-state index is 0.0878. The lowest BCUT2D eigenvalue weighted by Crippen LogP contribution is -2.60. The third-order valence-electron chi connectivity index (χ3n) is 16.3. The first kappa shape index (κ1) is 62.2. The molecule has 0 saturated carbocycles. The Morgan fingerprint density at radius 3 is 2.34 bits per heavy atom. The Morgan fingerprint density at radius 1 is 0.935 bits per heavy atom. The molecule has 2 aromatic carbocycles. The zero-order chi connectivity index (χ0) is 56.5. The van der Waals surface area contributed by atoms with Gasteiger partial charge in [0.15, 0.2) is 16.7 Å². The number of methoxy groups -OCH3 is 1. The van der Waals surface area contributed by atoms with Crippen LogP contribution >= 0.6 is 45.7 Å². The Kier molecular flexibility index (Phi) is 20.9. The van der Waals surface area contributed by atoms with E-state index in [1.165, 1.54) is 20.1 Å². The first-order valence-corrected chi connectivity index (χ1v) is 29.9. The van der Waals surface area contributed by atoms with Crippen LogP contribution in [0.3, 0.4) is 0 Å². The second kappa shape index (κ2) is 25.8. The molecule has 6 N–H and O–H groups in total. The summed E-state index contributed by atoms with van der Waals surface area (Å²) in [7, 11) is 5.24. The number of carbonyl (C=O) groups excluding carboxylic acids is 2. The smallest absolute Gasteiger partial charge is 0.312 e. The van der Waals surface area contributed by atoms with Crippen LogP contribution in [0, 0.1) is 23.6 Å². The Morgan fingerprint density at radius 2 is 1.64 bits per heavy atom. The monoisotopic (exact) mass is 1230 g/mol. The van der Waals surface area contributed by atoms with E-state index in [0.29, 0.717) is 38.9 Å². The fraction of sp³-hybridized carbons (Fsp3) is 0.684. The standard InChI is InChI=1S/C57H83FIN3O13S2/c1-30-27-55(7,68)51(74-53-46(64)41(61(10)11)24-31(2)71-53)32(3)47(73-45-28-56(8,70-12)50(66)35(6)72-45)33(4)52(67)75-54(59)57(9,69)49(65)34(5)62(29-30)23-15-22-60-44(63)21-19-37-26-39-38-16-13-14-17-42(38)77-43-20-18-36(58)25-40(43)48(39)76-37/h13-14,16-18,20,25-26,30-35,41,45-47,49-51,53-54,64-66,68-69H,15,19,21-24,27-29H2,1-12H3,(H,60,63)/t30-,31-,32+,33-,34-,35+,41+,45+,46-,47+,49-,50+,51-,53+,54+,55-,56-,57+/m1/s1. The van der Waals surface area contributed by atoms with E-state index >= 15 is 0 Å². The van der Waals surface area contributed by atoms with E-state index in [1.54, 1.807) is 70.7 Å². The van der Waals surface area contributed by atoms with E-state index in [1.807, 2.05) is 78.5 Å². The molecule has 1 amide bonds. The number of hydrogen-bond donors (Lipinski definition) is 6. The zero-order valence-electron chi connectivity index (χ0n) is 46.6. The molecular formula is C57H83FIN3O13S2. The number of likely N-dealkylation sites (N-methyl/N-ethyl adjacent to an activating group) is 1. The third kappa shape index (κ3) is 14.3. The van der Waals surface area contributed by atoms with Crippen LogP contribution < -0.4 is 5.32 Å². The fourth-order valence-electron chi connectivity index (χ4n) is 11.8. The summed E-state index contributed by atoms with van der Waals surface area (Å²) >= 11 is 5.03. The molecule has 7 rings (SSSR count). The first-order valence-electron chi connectivity index (χ1n) is 27.0. The minimum Gasteiger partial charge on any atom is -0.448 e. The molecule has 20 heteroatoms. The van der Waals surface area contributed by atoms with E-state index in [4.69, 9.17) is 28.4 Å². The maximum Gasteiger partial charge on any atom is 0.312 e. The molecule has 5 heterocycles. The molecule has 0 bridgehead atoms. The molecule has 0 aliphatic carbocycles. The van der Waals surface area contributed by atoms with Gasteiger partial charge in [-0.1, -0.05) is 43.8 Å². The van der Waals surface area contributed by atoms with Gasteiger partial charge in [-0.25, -0.2) is 4.39 Å². The maximum atomic E-state index is 14.6. The number of hydrogen-bond acceptors (Lipinski definition) is 17. The van der Waals surface area contributed by atoms with Crippen LogP contribution in [-0.4, -0.2) is 176 Å². The molecule has 3 aromatic rings. The van der Waals surface area contributed by atoms with Crippen LogP contribution in [0.5, 0.6) is 0 Å². The molecule has 18 atom stereocenters. The van der Waals surface area contributed by atoms with E-state index < -0.39 is 94.0 Å². The zero-order valence-corrected chi connectivity index (χ0v) is 50.4. The van der Waals surface area contributed by atoms with Crippen LogP contribution in [0.1, 0.15) is 99.3 Å². The number of aliphatic hydroxyl groups is 5. The summed E-state index contributed by atoms with van der Waals surface area (Å²) in [5, 5.41) is 63.1. The Hall–Kier alpha value is -2.39. The van der Waals surface area contributed by atoms with Gasteiger partial charge >= 0.3 is 5.97 Å². The van der Waals surface area contributed by atoms with Gasteiger partial charge in [0.05, 0.1) is 41.5 Å². The van der Waals surface area contributed by atoms with Gasteiger partial charge in [0.25, 0.3) is 0 Å². The number of benzene rings is 2. The number of amides is 1. The summed E-state index contributed by atoms with van der Waals surface area (Å²) in [6, 6.07) is 14.1. The number of alkyl halides is 1. The largest absolute Gasteiger partial charge is 0.448 e. The van der Waals surface area contributed by atoms with Crippen molar-refractivity contribution < 1.29 is 67.9 Å². The number of halogens is 2. The number of rotatable bonds is 13. The van der Waals surface area contributed by atoms with Crippen LogP contribution in [0.25, 0.3) is 21.6 Å². The molecule has 4 aliphatic heterocycles. The van der Waals surface area contributed by atoms with Crippen molar-refractivity contribution in [3.63, 3.8) is 0 Å². The quantitative estimate of drug-likeness (QED) is 0.0334. The Balaban J connectivity index is 1.11. The molecule has 16 nitrogen and oxygen atoms in total. The molecule has 0 unspecified atom stereocenters. The van der Waals surface area contributed by atoms with Crippen molar-refractivity contribution in [3.8, 4) is 21.6 Å². The van der Waals surface area contributed by atoms with Crippen molar-refractivity contribution in [2.45, 2.75) is 199 Å². The van der Waals surface area contributed by atoms with Crippen LogP contribution in [-0.2, 0) is 44.4 Å². The minimum atomic E-state index is -1.96. The number of nitrogens with one attached hydrogen (secondary N) is 1. The number of esters is 1. The molecule has 3 fully saturated rings. The lowest BCUT2D eigenvalue weighted by atomic mass is 9.77. The van der Waals surface area contributed by atoms with Crippen LogP contribution in [0.4, 0.5) is 4.39 Å². The topological polar surface area (TPSA) is 209 Å². The van der Waals surface area contributed by atoms with Gasteiger partial charge in [-0.05, 0) is 153 Å².